The Morgan fingerprint density at radius 2 is 1.83 bits per heavy atom. The maximum atomic E-state index is 12.6. The van der Waals surface area contributed by atoms with Gasteiger partial charge in [-0.05, 0) is 25.0 Å². The monoisotopic (exact) mass is 328 g/mol. The fraction of sp³-hybridized carbons (Fsp3) is 0.444. The highest BCUT2D eigenvalue weighted by molar-refractivity contribution is 5.94. The number of likely N-dealkylation sites (tertiary alicyclic amines) is 1. The predicted molar refractivity (Wildman–Crippen MR) is 86.1 cm³/mol. The molecule has 2 aromatic rings. The molecule has 0 radical (unpaired) electrons. The van der Waals surface area contributed by atoms with Crippen LogP contribution in [0.4, 0.5) is 0 Å². The standard InChI is InChI=1S/C18H20N2O4/c21-15-9-16(22)18(15)5-7-20(8-6-18)17(23)13-3-1-12(2-4-13)14-10-19-11-24-14/h1-4,10-11,15-16,21-22H,5-9H2/t15-,16+. The number of carbonyl (C=O) groups is 1. The maximum Gasteiger partial charge on any atom is 0.253 e. The Kier molecular flexibility index (Phi) is 3.66. The second kappa shape index (κ2) is 5.72. The summed E-state index contributed by atoms with van der Waals surface area (Å²) in [6.45, 7) is 1.13. The molecule has 0 unspecified atom stereocenters. The van der Waals surface area contributed by atoms with Crippen LogP contribution >= 0.6 is 0 Å². The van der Waals surface area contributed by atoms with Gasteiger partial charge < -0.3 is 19.5 Å². The number of rotatable bonds is 2. The highest BCUT2D eigenvalue weighted by Gasteiger charge is 2.55. The molecule has 1 aromatic heterocycles. The van der Waals surface area contributed by atoms with Crippen molar-refractivity contribution in [1.82, 2.24) is 9.88 Å². The van der Waals surface area contributed by atoms with Crippen LogP contribution in [-0.2, 0) is 0 Å². The lowest BCUT2D eigenvalue weighted by molar-refractivity contribution is -0.187. The summed E-state index contributed by atoms with van der Waals surface area (Å²) in [5.74, 6) is 0.652. The summed E-state index contributed by atoms with van der Waals surface area (Å²) in [4.78, 5) is 18.3. The number of nitrogens with zero attached hydrogens (tertiary/aromatic N) is 2. The molecule has 2 heterocycles. The van der Waals surface area contributed by atoms with Gasteiger partial charge in [0, 0.05) is 36.1 Å². The van der Waals surface area contributed by atoms with Gasteiger partial charge in [0.05, 0.1) is 18.4 Å². The quantitative estimate of drug-likeness (QED) is 0.876. The van der Waals surface area contributed by atoms with Gasteiger partial charge in [0.25, 0.3) is 5.91 Å². The van der Waals surface area contributed by atoms with Crippen molar-refractivity contribution in [2.24, 2.45) is 5.41 Å². The number of hydrogen-bond acceptors (Lipinski definition) is 5. The van der Waals surface area contributed by atoms with Gasteiger partial charge >= 0.3 is 0 Å². The average molecular weight is 328 g/mol. The summed E-state index contributed by atoms with van der Waals surface area (Å²) < 4.78 is 5.24. The van der Waals surface area contributed by atoms with Gasteiger partial charge in [0.2, 0.25) is 0 Å². The van der Waals surface area contributed by atoms with Crippen LogP contribution in [0.2, 0.25) is 0 Å². The first-order chi connectivity index (χ1) is 11.6. The minimum Gasteiger partial charge on any atom is -0.444 e. The molecule has 6 heteroatoms. The van der Waals surface area contributed by atoms with E-state index < -0.39 is 17.6 Å². The van der Waals surface area contributed by atoms with Gasteiger partial charge in [-0.25, -0.2) is 4.98 Å². The van der Waals surface area contributed by atoms with E-state index in [4.69, 9.17) is 4.42 Å². The SMILES string of the molecule is O=C(c1ccc(-c2cnco2)cc1)N1CCC2(CC1)[C@H](O)C[C@@H]2O. The molecule has 1 saturated carbocycles. The Morgan fingerprint density at radius 3 is 2.38 bits per heavy atom. The molecule has 4 rings (SSSR count). The molecule has 1 amide bonds. The largest absolute Gasteiger partial charge is 0.444 e. The van der Waals surface area contributed by atoms with Crippen LogP contribution in [0.25, 0.3) is 11.3 Å². The number of hydrogen-bond donors (Lipinski definition) is 2. The van der Waals surface area contributed by atoms with Gasteiger partial charge in [0.15, 0.2) is 12.2 Å². The normalized spacial score (nSPS) is 25.5. The second-order valence-corrected chi connectivity index (χ2v) is 6.74. The number of aliphatic hydroxyl groups excluding tert-OH is 2. The first-order valence-electron chi connectivity index (χ1n) is 8.24. The Bertz CT molecular complexity index is 708. The first-order valence-corrected chi connectivity index (χ1v) is 8.24. The number of benzene rings is 1. The highest BCUT2D eigenvalue weighted by atomic mass is 16.3. The van der Waals surface area contributed by atoms with E-state index in [1.807, 2.05) is 12.1 Å². The average Bonchev–Trinajstić information content (AvgIpc) is 3.16. The van der Waals surface area contributed by atoms with Crippen LogP contribution in [0.3, 0.4) is 0 Å². The van der Waals surface area contributed by atoms with E-state index in [1.165, 1.54) is 6.39 Å². The molecule has 1 aliphatic carbocycles. The molecule has 24 heavy (non-hydrogen) atoms. The third kappa shape index (κ3) is 2.34. The van der Waals surface area contributed by atoms with Crippen LogP contribution in [0.5, 0.6) is 0 Å². The number of oxazole rings is 1. The van der Waals surface area contributed by atoms with Crippen LogP contribution in [0.1, 0.15) is 29.6 Å². The number of aromatic nitrogens is 1. The third-order valence-electron chi connectivity index (χ3n) is 5.60. The molecule has 1 aromatic carbocycles. The van der Waals surface area contributed by atoms with Crippen LogP contribution in [0, 0.1) is 5.41 Å². The summed E-state index contributed by atoms with van der Waals surface area (Å²) in [7, 11) is 0. The summed E-state index contributed by atoms with van der Waals surface area (Å²) in [6, 6.07) is 7.27. The Balaban J connectivity index is 1.43. The molecule has 2 fully saturated rings. The molecule has 2 aliphatic rings. The summed E-state index contributed by atoms with van der Waals surface area (Å²) >= 11 is 0. The van der Waals surface area contributed by atoms with Crippen molar-refractivity contribution in [2.45, 2.75) is 31.5 Å². The van der Waals surface area contributed by atoms with E-state index in [1.54, 1.807) is 23.2 Å². The number of aliphatic hydroxyl groups is 2. The van der Waals surface area contributed by atoms with Crippen molar-refractivity contribution < 1.29 is 19.4 Å². The fourth-order valence-electron chi connectivity index (χ4n) is 3.85. The second-order valence-electron chi connectivity index (χ2n) is 6.74. The lowest BCUT2D eigenvalue weighted by Gasteiger charge is -2.55. The molecule has 126 valence electrons. The van der Waals surface area contributed by atoms with E-state index >= 15 is 0 Å². The maximum absolute atomic E-state index is 12.6. The van der Waals surface area contributed by atoms with Crippen molar-refractivity contribution in [3.63, 3.8) is 0 Å². The van der Waals surface area contributed by atoms with Gasteiger partial charge in [-0.15, -0.1) is 0 Å². The summed E-state index contributed by atoms with van der Waals surface area (Å²) in [6.07, 6.45) is 3.89. The zero-order valence-corrected chi connectivity index (χ0v) is 13.3. The molecule has 1 aliphatic heterocycles. The lowest BCUT2D eigenvalue weighted by atomic mass is 9.58. The lowest BCUT2D eigenvalue weighted by Crippen LogP contribution is -2.61. The van der Waals surface area contributed by atoms with Gasteiger partial charge in [-0.2, -0.15) is 0 Å². The molecule has 0 bridgehead atoms. The van der Waals surface area contributed by atoms with E-state index in [-0.39, 0.29) is 5.91 Å². The van der Waals surface area contributed by atoms with Gasteiger partial charge in [0.1, 0.15) is 0 Å². The first kappa shape index (κ1) is 15.4. The Hall–Kier alpha value is -2.18. The van der Waals surface area contributed by atoms with Crippen molar-refractivity contribution >= 4 is 5.91 Å². The van der Waals surface area contributed by atoms with E-state index in [2.05, 4.69) is 4.98 Å². The summed E-state index contributed by atoms with van der Waals surface area (Å²) in [5, 5.41) is 20.0. The van der Waals surface area contributed by atoms with Gasteiger partial charge in [-0.3, -0.25) is 4.79 Å². The van der Waals surface area contributed by atoms with Crippen LogP contribution in [0.15, 0.2) is 41.3 Å². The summed E-state index contributed by atoms with van der Waals surface area (Å²) in [5.41, 5.74) is 1.11. The zero-order valence-electron chi connectivity index (χ0n) is 13.3. The van der Waals surface area contributed by atoms with Crippen molar-refractivity contribution in [3.05, 3.63) is 42.4 Å². The minimum atomic E-state index is -0.439. The predicted octanol–water partition coefficient (Wildman–Crippen LogP) is 1.69. The van der Waals surface area contributed by atoms with Crippen molar-refractivity contribution in [3.8, 4) is 11.3 Å². The molecule has 1 spiro atoms. The fourth-order valence-corrected chi connectivity index (χ4v) is 3.85. The minimum absolute atomic E-state index is 0.0164. The van der Waals surface area contributed by atoms with Crippen LogP contribution in [-0.4, -0.2) is 51.3 Å². The van der Waals surface area contributed by atoms with Gasteiger partial charge in [-0.1, -0.05) is 12.1 Å². The van der Waals surface area contributed by atoms with E-state index in [0.29, 0.717) is 43.7 Å². The Morgan fingerprint density at radius 1 is 1.17 bits per heavy atom. The molecule has 2 atom stereocenters. The van der Waals surface area contributed by atoms with Crippen molar-refractivity contribution in [2.75, 3.05) is 13.1 Å². The molecular formula is C18H20N2O4. The molecule has 1 saturated heterocycles. The molecule has 2 N–H and O–H groups in total. The highest BCUT2D eigenvalue weighted by Crippen LogP contribution is 2.49. The zero-order chi connectivity index (χ0) is 16.7. The van der Waals surface area contributed by atoms with Crippen molar-refractivity contribution in [1.29, 1.82) is 0 Å². The third-order valence-corrected chi connectivity index (χ3v) is 5.60. The van der Waals surface area contributed by atoms with Crippen LogP contribution < -0.4 is 0 Å². The van der Waals surface area contributed by atoms with E-state index in [0.717, 1.165) is 5.56 Å². The topological polar surface area (TPSA) is 86.8 Å². The van der Waals surface area contributed by atoms with E-state index in [9.17, 15) is 15.0 Å². The Labute approximate surface area is 139 Å². The number of carbonyl (C=O) groups excluding carboxylic acids is 1. The number of piperidine rings is 1. The molecular weight excluding hydrogens is 308 g/mol. The number of amides is 1. The smallest absolute Gasteiger partial charge is 0.253 e. The molecule has 6 nitrogen and oxygen atoms in total.